The molecule has 0 unspecified atom stereocenters. The predicted octanol–water partition coefficient (Wildman–Crippen LogP) is 1.77. The van der Waals surface area contributed by atoms with Gasteiger partial charge in [-0.25, -0.2) is 4.79 Å². The van der Waals surface area contributed by atoms with Gasteiger partial charge in [-0.2, -0.15) is 0 Å². The molecule has 1 aromatic rings. The first kappa shape index (κ1) is 15.8. The number of nitrogens with zero attached hydrogens (tertiary/aromatic N) is 1. The monoisotopic (exact) mass is 281 g/mol. The molecule has 108 valence electrons. The van der Waals surface area contributed by atoms with E-state index in [1.54, 1.807) is 18.2 Å². The molecule has 1 rings (SSSR count). The van der Waals surface area contributed by atoms with Crippen LogP contribution >= 0.6 is 0 Å². The molecular weight excluding hydrogens is 266 g/mol. The average Bonchev–Trinajstić information content (AvgIpc) is 2.48. The second-order valence-electron chi connectivity index (χ2n) is 3.75. The molecule has 0 atom stereocenters. The average molecular weight is 281 g/mol. The molecule has 20 heavy (non-hydrogen) atoms. The van der Waals surface area contributed by atoms with Gasteiger partial charge in [0.15, 0.2) is 0 Å². The Morgan fingerprint density at radius 1 is 1.20 bits per heavy atom. The Kier molecular flexibility index (Phi) is 5.36. The van der Waals surface area contributed by atoms with Crippen molar-refractivity contribution < 1.29 is 23.9 Å². The van der Waals surface area contributed by atoms with Crippen molar-refractivity contribution in [2.75, 3.05) is 21.3 Å². The van der Waals surface area contributed by atoms with E-state index in [1.165, 1.54) is 39.5 Å². The van der Waals surface area contributed by atoms with Crippen LogP contribution in [0.3, 0.4) is 0 Å². The molecule has 0 bridgehead atoms. The molecule has 0 aliphatic rings. The maximum absolute atomic E-state index is 11.6. The van der Waals surface area contributed by atoms with E-state index >= 15 is 0 Å². The van der Waals surface area contributed by atoms with Crippen LogP contribution in [0, 0.1) is 10.1 Å². The Morgan fingerprint density at radius 2 is 1.75 bits per heavy atom. The summed E-state index contributed by atoms with van der Waals surface area (Å²) in [5, 5.41) is 10.5. The molecule has 0 heterocycles. The number of carbonyl (C=O) groups is 1. The third-order valence-corrected chi connectivity index (χ3v) is 2.68. The second kappa shape index (κ2) is 6.78. The first-order valence-electron chi connectivity index (χ1n) is 5.61. The van der Waals surface area contributed by atoms with Gasteiger partial charge < -0.3 is 14.2 Å². The summed E-state index contributed by atoms with van der Waals surface area (Å²) >= 11 is 0. The number of methoxy groups -OCH3 is 3. The van der Waals surface area contributed by atoms with Gasteiger partial charge in [0.05, 0.1) is 12.0 Å². The molecule has 7 heteroatoms. The van der Waals surface area contributed by atoms with E-state index < -0.39 is 16.7 Å². The van der Waals surface area contributed by atoms with E-state index in [4.69, 9.17) is 9.47 Å². The molecule has 0 aromatic heterocycles. The molecule has 0 aliphatic heterocycles. The normalized spacial score (nSPS) is 11.6. The highest BCUT2D eigenvalue weighted by Gasteiger charge is 2.37. The van der Waals surface area contributed by atoms with Crippen molar-refractivity contribution in [3.63, 3.8) is 0 Å². The Morgan fingerprint density at radius 3 is 2.15 bits per heavy atom. The number of hydrogen-bond donors (Lipinski definition) is 0. The van der Waals surface area contributed by atoms with Crippen molar-refractivity contribution in [2.24, 2.45) is 0 Å². The lowest BCUT2D eigenvalue weighted by atomic mass is 10.1. The van der Waals surface area contributed by atoms with Gasteiger partial charge in [-0.1, -0.05) is 6.08 Å². The Hall–Kier alpha value is -2.25. The summed E-state index contributed by atoms with van der Waals surface area (Å²) in [7, 11) is 3.83. The highest BCUT2D eigenvalue weighted by molar-refractivity contribution is 5.81. The van der Waals surface area contributed by atoms with Crippen molar-refractivity contribution in [1.82, 2.24) is 0 Å². The van der Waals surface area contributed by atoms with E-state index in [-0.39, 0.29) is 5.69 Å². The molecule has 7 nitrogen and oxygen atoms in total. The summed E-state index contributed by atoms with van der Waals surface area (Å²) < 4.78 is 14.7. The van der Waals surface area contributed by atoms with Gasteiger partial charge in [-0.3, -0.25) is 10.1 Å². The number of esters is 1. The first-order valence-corrected chi connectivity index (χ1v) is 5.61. The molecular formula is C13H15NO6. The Balaban J connectivity index is 2.98. The fraction of sp³-hybridized carbons (Fsp3) is 0.308. The van der Waals surface area contributed by atoms with Crippen LogP contribution in [0.5, 0.6) is 0 Å². The zero-order valence-electron chi connectivity index (χ0n) is 11.4. The predicted molar refractivity (Wildman–Crippen MR) is 70.9 cm³/mol. The zero-order chi connectivity index (χ0) is 15.2. The quantitative estimate of drug-likeness (QED) is 0.342. The highest BCUT2D eigenvalue weighted by Crippen LogP contribution is 2.19. The molecule has 0 N–H and O–H groups in total. The van der Waals surface area contributed by atoms with Crippen LogP contribution in [0.4, 0.5) is 5.69 Å². The zero-order valence-corrected chi connectivity index (χ0v) is 11.4. The first-order chi connectivity index (χ1) is 9.49. The summed E-state index contributed by atoms with van der Waals surface area (Å²) in [6, 6.07) is 5.81. The van der Waals surface area contributed by atoms with Crippen LogP contribution in [0.1, 0.15) is 5.56 Å². The number of hydrogen-bond acceptors (Lipinski definition) is 6. The number of nitro groups is 1. The lowest BCUT2D eigenvalue weighted by Gasteiger charge is -2.23. The smallest absolute Gasteiger partial charge is 0.371 e. The number of rotatable bonds is 6. The fourth-order valence-electron chi connectivity index (χ4n) is 1.51. The van der Waals surface area contributed by atoms with E-state index in [1.807, 2.05) is 0 Å². The minimum Gasteiger partial charge on any atom is -0.465 e. The van der Waals surface area contributed by atoms with Gasteiger partial charge in [0.2, 0.25) is 0 Å². The standard InChI is InChI=1S/C13H15NO6/c1-18-12(15)13(19-2,20-3)9-8-10-4-6-11(7-5-10)14(16)17/h4-9H,1-3H3/b9-8+. The van der Waals surface area contributed by atoms with Gasteiger partial charge in [0.1, 0.15) is 0 Å². The van der Waals surface area contributed by atoms with Crippen LogP contribution in [0.2, 0.25) is 0 Å². The maximum Gasteiger partial charge on any atom is 0.371 e. The second-order valence-corrected chi connectivity index (χ2v) is 3.75. The third kappa shape index (κ3) is 3.40. The summed E-state index contributed by atoms with van der Waals surface area (Å²) in [5.41, 5.74) is 0.637. The van der Waals surface area contributed by atoms with Crippen molar-refractivity contribution in [3.8, 4) is 0 Å². The molecule has 1 aromatic carbocycles. The van der Waals surface area contributed by atoms with Crippen molar-refractivity contribution in [2.45, 2.75) is 5.79 Å². The van der Waals surface area contributed by atoms with E-state index in [9.17, 15) is 14.9 Å². The molecule has 0 amide bonds. The summed E-state index contributed by atoms with van der Waals surface area (Å²) in [5.74, 6) is -2.35. The molecule has 0 aliphatic carbocycles. The van der Waals surface area contributed by atoms with Gasteiger partial charge in [0.25, 0.3) is 11.5 Å². The van der Waals surface area contributed by atoms with Gasteiger partial charge in [0, 0.05) is 26.4 Å². The lowest BCUT2D eigenvalue weighted by molar-refractivity contribution is -0.384. The summed E-state index contributed by atoms with van der Waals surface area (Å²) in [6.45, 7) is 0. The Bertz CT molecular complexity index is 504. The third-order valence-electron chi connectivity index (χ3n) is 2.68. The number of non-ortho nitro benzene ring substituents is 1. The summed E-state index contributed by atoms with van der Waals surface area (Å²) in [6.07, 6.45) is 2.92. The van der Waals surface area contributed by atoms with Crippen LogP contribution in [0.25, 0.3) is 6.08 Å². The minimum atomic E-state index is -1.64. The van der Waals surface area contributed by atoms with Gasteiger partial charge >= 0.3 is 5.97 Å². The largest absolute Gasteiger partial charge is 0.465 e. The van der Waals surface area contributed by atoms with E-state index in [0.29, 0.717) is 5.56 Å². The maximum atomic E-state index is 11.6. The molecule has 0 radical (unpaired) electrons. The number of carbonyl (C=O) groups excluding carboxylic acids is 1. The minimum absolute atomic E-state index is 0.0140. The topological polar surface area (TPSA) is 87.9 Å². The van der Waals surface area contributed by atoms with Gasteiger partial charge in [-0.05, 0) is 23.8 Å². The van der Waals surface area contributed by atoms with Crippen molar-refractivity contribution in [3.05, 3.63) is 46.0 Å². The van der Waals surface area contributed by atoms with E-state index in [2.05, 4.69) is 4.74 Å². The molecule has 0 spiro atoms. The Labute approximate surface area is 115 Å². The number of nitro benzene ring substituents is 1. The lowest BCUT2D eigenvalue weighted by Crippen LogP contribution is -2.41. The molecule has 0 saturated heterocycles. The van der Waals surface area contributed by atoms with Crippen molar-refractivity contribution >= 4 is 17.7 Å². The van der Waals surface area contributed by atoms with Crippen LogP contribution in [-0.4, -0.2) is 38.0 Å². The fourth-order valence-corrected chi connectivity index (χ4v) is 1.51. The van der Waals surface area contributed by atoms with Gasteiger partial charge in [-0.15, -0.1) is 0 Å². The SMILES string of the molecule is COC(=O)C(/C=C/c1ccc([N+](=O)[O-])cc1)(OC)OC. The molecule has 0 fully saturated rings. The highest BCUT2D eigenvalue weighted by atomic mass is 16.7. The van der Waals surface area contributed by atoms with Crippen LogP contribution in [0.15, 0.2) is 30.3 Å². The van der Waals surface area contributed by atoms with Crippen LogP contribution < -0.4 is 0 Å². The van der Waals surface area contributed by atoms with E-state index in [0.717, 1.165) is 0 Å². The number of benzene rings is 1. The number of ether oxygens (including phenoxy) is 3. The van der Waals surface area contributed by atoms with Crippen LogP contribution in [-0.2, 0) is 19.0 Å². The van der Waals surface area contributed by atoms with Crippen molar-refractivity contribution in [1.29, 1.82) is 0 Å². The molecule has 0 saturated carbocycles. The summed E-state index contributed by atoms with van der Waals surface area (Å²) in [4.78, 5) is 21.7.